The topological polar surface area (TPSA) is 101 Å². The van der Waals surface area contributed by atoms with Crippen LogP contribution in [-0.2, 0) is 11.2 Å². The number of nitrogens with one attached hydrogen (secondary N) is 1. The molecule has 9 heteroatoms. The van der Waals surface area contributed by atoms with E-state index < -0.39 is 4.92 Å². The minimum absolute atomic E-state index is 0.0641. The number of nitrogens with zero attached hydrogens (tertiary/aromatic N) is 4. The van der Waals surface area contributed by atoms with Gasteiger partial charge in [-0.2, -0.15) is 0 Å². The molecule has 0 spiro atoms. The Morgan fingerprint density at radius 1 is 1.12 bits per heavy atom. The molecule has 2 aliphatic rings. The number of carbonyl (C=O) groups excluding carboxylic acids is 1. The van der Waals surface area contributed by atoms with Gasteiger partial charge in [-0.3, -0.25) is 19.8 Å². The van der Waals surface area contributed by atoms with Gasteiger partial charge in [-0.15, -0.1) is 0 Å². The van der Waals surface area contributed by atoms with Gasteiger partial charge >= 0.3 is 0 Å². The minimum atomic E-state index is -0.392. The summed E-state index contributed by atoms with van der Waals surface area (Å²) in [6, 6.07) is 9.21. The zero-order chi connectivity index (χ0) is 22.5. The smallest absolute Gasteiger partial charge is 0.290 e. The number of ether oxygens (including phenoxy) is 1. The molecule has 1 fully saturated rings. The molecule has 0 saturated carbocycles. The molecule has 1 amide bonds. The number of hydrogen-bond donors (Lipinski definition) is 1. The van der Waals surface area contributed by atoms with Crippen molar-refractivity contribution >= 4 is 23.1 Å². The molecular weight excluding hydrogens is 410 g/mol. The Hall–Kier alpha value is -3.20. The zero-order valence-corrected chi connectivity index (χ0v) is 18.4. The van der Waals surface area contributed by atoms with E-state index in [1.165, 1.54) is 0 Å². The summed E-state index contributed by atoms with van der Waals surface area (Å²) in [6.45, 7) is 6.97. The number of aromatic nitrogens is 1. The van der Waals surface area contributed by atoms with Gasteiger partial charge < -0.3 is 15.0 Å². The van der Waals surface area contributed by atoms with Crippen LogP contribution in [0.2, 0.25) is 0 Å². The second kappa shape index (κ2) is 9.95. The quantitative estimate of drug-likeness (QED) is 0.383. The molecule has 0 aliphatic carbocycles. The highest BCUT2D eigenvalue weighted by molar-refractivity contribution is 5.94. The highest BCUT2D eigenvalue weighted by Crippen LogP contribution is 2.27. The van der Waals surface area contributed by atoms with Gasteiger partial charge in [-0.05, 0) is 50.4 Å². The summed E-state index contributed by atoms with van der Waals surface area (Å²) in [6.07, 6.45) is 3.35. The lowest BCUT2D eigenvalue weighted by Gasteiger charge is -2.35. The van der Waals surface area contributed by atoms with Crippen molar-refractivity contribution in [3.63, 3.8) is 0 Å². The van der Waals surface area contributed by atoms with Crippen molar-refractivity contribution in [3.05, 3.63) is 51.7 Å². The average molecular weight is 440 g/mol. The summed E-state index contributed by atoms with van der Waals surface area (Å²) in [5.74, 6) is 1.67. The third-order valence-electron chi connectivity index (χ3n) is 6.05. The number of aryl methyl sites for hydroxylation is 2. The Morgan fingerprint density at radius 3 is 2.69 bits per heavy atom. The normalized spacial score (nSPS) is 16.4. The number of rotatable bonds is 8. The number of unbranched alkanes of at least 4 members (excludes halogenated alkanes) is 1. The van der Waals surface area contributed by atoms with Crippen molar-refractivity contribution in [1.82, 2.24) is 9.88 Å². The fourth-order valence-corrected chi connectivity index (χ4v) is 4.18. The third-order valence-corrected chi connectivity index (χ3v) is 6.05. The molecule has 3 heterocycles. The van der Waals surface area contributed by atoms with Crippen LogP contribution in [0.5, 0.6) is 5.75 Å². The molecule has 0 atom stereocenters. The Kier molecular flexibility index (Phi) is 6.84. The van der Waals surface area contributed by atoms with Gasteiger partial charge in [0.05, 0.1) is 11.5 Å². The number of anilines is 2. The van der Waals surface area contributed by atoms with E-state index in [0.717, 1.165) is 74.8 Å². The number of pyridine rings is 1. The molecule has 4 rings (SSSR count). The van der Waals surface area contributed by atoms with Crippen molar-refractivity contribution < 1.29 is 14.5 Å². The standard InChI is InChI=1S/C23H29N5O4/c1-17-21(28(30)31)7-8-22(24-17)27-13-11-26(12-14-27)10-2-3-15-32-19-6-4-18-5-9-23(29)25-20(18)16-19/h4,6-8,16H,2-3,5,9-15H2,1H3,(H,25,29). The predicted molar refractivity (Wildman–Crippen MR) is 122 cm³/mol. The van der Waals surface area contributed by atoms with Gasteiger partial charge in [-0.1, -0.05) is 6.07 Å². The Bertz CT molecular complexity index is 988. The van der Waals surface area contributed by atoms with Gasteiger partial charge in [0, 0.05) is 50.4 Å². The van der Waals surface area contributed by atoms with E-state index in [1.54, 1.807) is 19.1 Å². The number of fused-ring (bicyclic) bond motifs is 1. The predicted octanol–water partition coefficient (Wildman–Crippen LogP) is 3.16. The SMILES string of the molecule is Cc1nc(N2CCN(CCCCOc3ccc4c(c3)NC(=O)CC4)CC2)ccc1[N+](=O)[O-]. The first kappa shape index (κ1) is 22.0. The maximum absolute atomic E-state index is 11.6. The zero-order valence-electron chi connectivity index (χ0n) is 18.4. The largest absolute Gasteiger partial charge is 0.494 e. The van der Waals surface area contributed by atoms with E-state index in [2.05, 4.69) is 20.1 Å². The highest BCUT2D eigenvalue weighted by atomic mass is 16.6. The molecule has 1 saturated heterocycles. The summed E-state index contributed by atoms with van der Waals surface area (Å²) in [5.41, 5.74) is 2.55. The van der Waals surface area contributed by atoms with Crippen LogP contribution >= 0.6 is 0 Å². The molecule has 0 unspecified atom stereocenters. The summed E-state index contributed by atoms with van der Waals surface area (Å²) >= 11 is 0. The molecule has 9 nitrogen and oxygen atoms in total. The molecular formula is C23H29N5O4. The highest BCUT2D eigenvalue weighted by Gasteiger charge is 2.20. The van der Waals surface area contributed by atoms with Crippen LogP contribution < -0.4 is 15.0 Å². The second-order valence-corrected chi connectivity index (χ2v) is 8.28. The van der Waals surface area contributed by atoms with Gasteiger partial charge in [0.1, 0.15) is 17.3 Å². The van der Waals surface area contributed by atoms with Crippen LogP contribution in [0.15, 0.2) is 30.3 Å². The van der Waals surface area contributed by atoms with Gasteiger partial charge in [0.15, 0.2) is 0 Å². The molecule has 0 radical (unpaired) electrons. The number of nitro groups is 1. The summed E-state index contributed by atoms with van der Waals surface area (Å²) in [4.78, 5) is 31.2. The Labute approximate surface area is 187 Å². The van der Waals surface area contributed by atoms with Crippen LogP contribution in [0.25, 0.3) is 0 Å². The van der Waals surface area contributed by atoms with Crippen molar-refractivity contribution in [2.45, 2.75) is 32.6 Å². The third kappa shape index (κ3) is 5.34. The summed E-state index contributed by atoms with van der Waals surface area (Å²) in [7, 11) is 0. The van der Waals surface area contributed by atoms with E-state index in [9.17, 15) is 14.9 Å². The lowest BCUT2D eigenvalue weighted by Crippen LogP contribution is -2.47. The molecule has 1 aromatic carbocycles. The van der Waals surface area contributed by atoms with E-state index >= 15 is 0 Å². The first-order valence-corrected chi connectivity index (χ1v) is 11.1. The Balaban J connectivity index is 1.15. The van der Waals surface area contributed by atoms with Crippen LogP contribution in [0.1, 0.15) is 30.5 Å². The lowest BCUT2D eigenvalue weighted by atomic mass is 10.0. The molecule has 0 bridgehead atoms. The van der Waals surface area contributed by atoms with Crippen molar-refractivity contribution in [1.29, 1.82) is 0 Å². The van der Waals surface area contributed by atoms with Crippen LogP contribution in [-0.4, -0.2) is 60.0 Å². The first-order valence-electron chi connectivity index (χ1n) is 11.1. The van der Waals surface area contributed by atoms with E-state index in [1.807, 2.05) is 18.2 Å². The monoisotopic (exact) mass is 439 g/mol. The summed E-state index contributed by atoms with van der Waals surface area (Å²) < 4.78 is 5.88. The van der Waals surface area contributed by atoms with Gasteiger partial charge in [-0.25, -0.2) is 4.98 Å². The molecule has 1 N–H and O–H groups in total. The van der Waals surface area contributed by atoms with Crippen LogP contribution in [0, 0.1) is 17.0 Å². The number of benzene rings is 1. The minimum Gasteiger partial charge on any atom is -0.494 e. The summed E-state index contributed by atoms with van der Waals surface area (Å²) in [5, 5.41) is 13.9. The fourth-order valence-electron chi connectivity index (χ4n) is 4.18. The van der Waals surface area contributed by atoms with E-state index in [4.69, 9.17) is 4.74 Å². The number of amides is 1. The average Bonchev–Trinajstić information content (AvgIpc) is 2.78. The maximum Gasteiger partial charge on any atom is 0.290 e. The Morgan fingerprint density at radius 2 is 1.94 bits per heavy atom. The van der Waals surface area contributed by atoms with E-state index in [-0.39, 0.29) is 11.6 Å². The maximum atomic E-state index is 11.6. The number of hydrogen-bond acceptors (Lipinski definition) is 7. The lowest BCUT2D eigenvalue weighted by molar-refractivity contribution is -0.385. The van der Waals surface area contributed by atoms with Crippen molar-refractivity contribution in [3.8, 4) is 5.75 Å². The molecule has 1 aromatic heterocycles. The van der Waals surface area contributed by atoms with Crippen molar-refractivity contribution in [2.75, 3.05) is 49.5 Å². The molecule has 2 aliphatic heterocycles. The molecule has 32 heavy (non-hydrogen) atoms. The van der Waals surface area contributed by atoms with Crippen molar-refractivity contribution in [2.24, 2.45) is 0 Å². The number of carbonyl (C=O) groups is 1. The fraction of sp³-hybridized carbons (Fsp3) is 0.478. The van der Waals surface area contributed by atoms with E-state index in [0.29, 0.717) is 18.7 Å². The van der Waals surface area contributed by atoms with Gasteiger partial charge in [0.25, 0.3) is 5.69 Å². The van der Waals surface area contributed by atoms with Gasteiger partial charge in [0.2, 0.25) is 5.91 Å². The van der Waals surface area contributed by atoms with Crippen LogP contribution in [0.3, 0.4) is 0 Å². The number of piperazine rings is 1. The second-order valence-electron chi connectivity index (χ2n) is 8.28. The molecule has 2 aromatic rings. The van der Waals surface area contributed by atoms with Crippen LogP contribution in [0.4, 0.5) is 17.2 Å². The first-order chi connectivity index (χ1) is 15.5. The molecule has 170 valence electrons.